The predicted molar refractivity (Wildman–Crippen MR) is 112 cm³/mol. The second kappa shape index (κ2) is 9.99. The van der Waals surface area contributed by atoms with Gasteiger partial charge in [0.2, 0.25) is 0 Å². The van der Waals surface area contributed by atoms with E-state index in [1.165, 1.54) is 0 Å². The minimum absolute atomic E-state index is 0.376. The molecule has 0 heterocycles. The van der Waals surface area contributed by atoms with Crippen molar-refractivity contribution in [1.82, 2.24) is 5.43 Å². The van der Waals surface area contributed by atoms with Crippen molar-refractivity contribution in [3.63, 3.8) is 0 Å². The first kappa shape index (κ1) is 20.0. The molecule has 0 unspecified atom stereocenters. The lowest BCUT2D eigenvalue weighted by Gasteiger charge is -2.11. The van der Waals surface area contributed by atoms with Crippen LogP contribution in [0.4, 0.5) is 5.69 Å². The van der Waals surface area contributed by atoms with Crippen LogP contribution >= 0.6 is 23.8 Å². The predicted octanol–water partition coefficient (Wildman–Crippen LogP) is 4.77. The summed E-state index contributed by atoms with van der Waals surface area (Å²) in [6.07, 6.45) is 2.59. The molecule has 26 heavy (non-hydrogen) atoms. The Balaban J connectivity index is 1.97. The van der Waals surface area contributed by atoms with Crippen LogP contribution in [-0.2, 0) is 0 Å². The van der Waals surface area contributed by atoms with Gasteiger partial charge >= 0.3 is 0 Å². The third-order valence-electron chi connectivity index (χ3n) is 3.54. The van der Waals surface area contributed by atoms with Crippen LogP contribution in [0.5, 0.6) is 11.5 Å². The van der Waals surface area contributed by atoms with E-state index in [4.69, 9.17) is 33.3 Å². The number of thiocarbonyl (C=S) groups is 1. The summed E-state index contributed by atoms with van der Waals surface area (Å²) >= 11 is 11.3. The molecule has 0 saturated heterocycles. The van der Waals surface area contributed by atoms with Gasteiger partial charge in [-0.2, -0.15) is 5.10 Å². The largest absolute Gasteiger partial charge is 0.493 e. The van der Waals surface area contributed by atoms with Crippen molar-refractivity contribution in [2.24, 2.45) is 5.10 Å². The average Bonchev–Trinajstić information content (AvgIpc) is 2.64. The molecule has 0 aliphatic heterocycles. The molecule has 0 spiro atoms. The maximum absolute atomic E-state index is 6.10. The van der Waals surface area contributed by atoms with Crippen molar-refractivity contribution in [3.8, 4) is 11.5 Å². The molecule has 2 N–H and O–H groups in total. The summed E-state index contributed by atoms with van der Waals surface area (Å²) in [6, 6.07) is 11.2. The molecule has 138 valence electrons. The van der Waals surface area contributed by atoms with Crippen LogP contribution < -0.4 is 20.2 Å². The van der Waals surface area contributed by atoms with Crippen LogP contribution in [0.1, 0.15) is 24.5 Å². The van der Waals surface area contributed by atoms with Crippen LogP contribution in [-0.4, -0.2) is 25.0 Å². The van der Waals surface area contributed by atoms with Crippen LogP contribution in [0, 0.1) is 6.92 Å². The molecule has 0 saturated carbocycles. The van der Waals surface area contributed by atoms with Gasteiger partial charge < -0.3 is 14.8 Å². The van der Waals surface area contributed by atoms with Crippen molar-refractivity contribution in [1.29, 1.82) is 0 Å². The number of hydrogen-bond donors (Lipinski definition) is 2. The van der Waals surface area contributed by atoms with Gasteiger partial charge in [-0.25, -0.2) is 0 Å². The number of anilines is 1. The van der Waals surface area contributed by atoms with Crippen molar-refractivity contribution in [2.75, 3.05) is 19.0 Å². The summed E-state index contributed by atoms with van der Waals surface area (Å²) in [7, 11) is 1.61. The molecule has 5 nitrogen and oxygen atoms in total. The number of rotatable bonds is 7. The number of halogens is 1. The molecular formula is C19H22ClN3O2S. The zero-order valence-corrected chi connectivity index (χ0v) is 16.6. The van der Waals surface area contributed by atoms with Gasteiger partial charge in [-0.05, 0) is 67.0 Å². The van der Waals surface area contributed by atoms with Gasteiger partial charge in [-0.3, -0.25) is 5.43 Å². The Morgan fingerprint density at radius 1 is 1.27 bits per heavy atom. The first-order chi connectivity index (χ1) is 12.5. The van der Waals surface area contributed by atoms with Crippen molar-refractivity contribution in [3.05, 3.63) is 52.5 Å². The fourth-order valence-corrected chi connectivity index (χ4v) is 2.49. The molecule has 2 aromatic carbocycles. The lowest BCUT2D eigenvalue weighted by molar-refractivity contribution is 0.294. The van der Waals surface area contributed by atoms with E-state index in [-0.39, 0.29) is 0 Å². The number of methoxy groups -OCH3 is 1. The summed E-state index contributed by atoms with van der Waals surface area (Å²) in [5.41, 5.74) is 5.41. The fraction of sp³-hybridized carbons (Fsp3) is 0.263. The number of benzene rings is 2. The molecule has 7 heteroatoms. The highest BCUT2D eigenvalue weighted by molar-refractivity contribution is 7.80. The average molecular weight is 392 g/mol. The van der Waals surface area contributed by atoms with E-state index in [1.54, 1.807) is 13.3 Å². The summed E-state index contributed by atoms with van der Waals surface area (Å²) < 4.78 is 11.0. The zero-order chi connectivity index (χ0) is 18.9. The molecule has 2 rings (SSSR count). The van der Waals surface area contributed by atoms with Crippen molar-refractivity contribution >= 4 is 40.8 Å². The highest BCUT2D eigenvalue weighted by atomic mass is 35.5. The Bertz CT molecular complexity index is 796. The maximum atomic E-state index is 6.10. The molecule has 0 aromatic heterocycles. The zero-order valence-electron chi connectivity index (χ0n) is 15.0. The second-order valence-electron chi connectivity index (χ2n) is 5.50. The van der Waals surface area contributed by atoms with Gasteiger partial charge in [0, 0.05) is 10.7 Å². The molecule has 0 atom stereocenters. The van der Waals surface area contributed by atoms with E-state index in [0.29, 0.717) is 28.2 Å². The quantitative estimate of drug-likeness (QED) is 0.404. The Kier molecular flexibility index (Phi) is 7.69. The van der Waals surface area contributed by atoms with Crippen LogP contribution in [0.3, 0.4) is 0 Å². The van der Waals surface area contributed by atoms with E-state index < -0.39 is 0 Å². The monoisotopic (exact) mass is 391 g/mol. The highest BCUT2D eigenvalue weighted by Gasteiger charge is 2.05. The number of hydrogen-bond acceptors (Lipinski definition) is 4. The van der Waals surface area contributed by atoms with Gasteiger partial charge in [-0.15, -0.1) is 0 Å². The standard InChI is InChI=1S/C19H22ClN3O2S/c1-4-10-25-17-9-8-14(11-18(17)24-3)12-21-23-19(26)22-16-7-5-6-15(20)13(16)2/h5-9,11-12H,4,10H2,1-3H3,(H2,22,23,26)/b21-12-. The van der Waals surface area contributed by atoms with Gasteiger partial charge in [0.1, 0.15) is 0 Å². The summed E-state index contributed by atoms with van der Waals surface area (Å²) in [6.45, 7) is 4.63. The smallest absolute Gasteiger partial charge is 0.191 e. The van der Waals surface area contributed by atoms with E-state index in [9.17, 15) is 0 Å². The van der Waals surface area contributed by atoms with E-state index in [0.717, 1.165) is 23.2 Å². The molecule has 0 aliphatic rings. The number of nitrogens with zero attached hydrogens (tertiary/aromatic N) is 1. The minimum atomic E-state index is 0.376. The van der Waals surface area contributed by atoms with Gasteiger partial charge in [0.15, 0.2) is 16.6 Å². The van der Waals surface area contributed by atoms with Gasteiger partial charge in [-0.1, -0.05) is 24.6 Å². The molecular weight excluding hydrogens is 370 g/mol. The van der Waals surface area contributed by atoms with Gasteiger partial charge in [0.25, 0.3) is 0 Å². The van der Waals surface area contributed by atoms with Crippen molar-refractivity contribution in [2.45, 2.75) is 20.3 Å². The Labute approximate surface area is 164 Å². The molecule has 0 aliphatic carbocycles. The molecule has 0 fully saturated rings. The van der Waals surface area contributed by atoms with E-state index in [2.05, 4.69) is 22.8 Å². The van der Waals surface area contributed by atoms with Gasteiger partial charge in [0.05, 0.1) is 19.9 Å². The normalized spacial score (nSPS) is 10.6. The highest BCUT2D eigenvalue weighted by Crippen LogP contribution is 2.27. The van der Waals surface area contributed by atoms with E-state index in [1.807, 2.05) is 43.3 Å². The van der Waals surface area contributed by atoms with Crippen LogP contribution in [0.15, 0.2) is 41.5 Å². The third kappa shape index (κ3) is 5.61. The van der Waals surface area contributed by atoms with Crippen LogP contribution in [0.2, 0.25) is 5.02 Å². The first-order valence-electron chi connectivity index (χ1n) is 8.21. The number of nitrogens with one attached hydrogen (secondary N) is 2. The Morgan fingerprint density at radius 3 is 2.81 bits per heavy atom. The molecule has 0 bridgehead atoms. The van der Waals surface area contributed by atoms with Crippen LogP contribution in [0.25, 0.3) is 0 Å². The fourth-order valence-electron chi connectivity index (χ4n) is 2.15. The second-order valence-corrected chi connectivity index (χ2v) is 6.31. The topological polar surface area (TPSA) is 54.9 Å². The minimum Gasteiger partial charge on any atom is -0.493 e. The van der Waals surface area contributed by atoms with Crippen molar-refractivity contribution < 1.29 is 9.47 Å². The lowest BCUT2D eigenvalue weighted by atomic mass is 10.2. The summed E-state index contributed by atoms with van der Waals surface area (Å²) in [5.74, 6) is 1.38. The third-order valence-corrected chi connectivity index (χ3v) is 4.15. The summed E-state index contributed by atoms with van der Waals surface area (Å²) in [4.78, 5) is 0. The Morgan fingerprint density at radius 2 is 2.08 bits per heavy atom. The SMILES string of the molecule is CCCOc1ccc(/C=N\NC(=S)Nc2cccc(Cl)c2C)cc1OC. The molecule has 0 radical (unpaired) electrons. The van der Waals surface area contributed by atoms with E-state index >= 15 is 0 Å². The number of ether oxygens (including phenoxy) is 2. The maximum Gasteiger partial charge on any atom is 0.191 e. The summed E-state index contributed by atoms with van der Waals surface area (Å²) in [5, 5.41) is 8.27. The molecule has 2 aromatic rings. The Hall–Kier alpha value is -2.31. The number of hydrazone groups is 1. The first-order valence-corrected chi connectivity index (χ1v) is 8.99. The molecule has 0 amide bonds. The lowest BCUT2D eigenvalue weighted by Crippen LogP contribution is -2.24.